The van der Waals surface area contributed by atoms with E-state index in [1.54, 1.807) is 24.3 Å². The molecule has 3 aromatic carbocycles. The summed E-state index contributed by atoms with van der Waals surface area (Å²) in [7, 11) is 0. The number of aliphatic hydroxyl groups excluding tert-OH is 1. The Kier molecular flexibility index (Phi) is 10.5. The average Bonchev–Trinajstić information content (AvgIpc) is 3.04. The van der Waals surface area contributed by atoms with Crippen LogP contribution in [0, 0.1) is 5.82 Å². The first kappa shape index (κ1) is 32.2. The molecular formula is C36H42FN3O5. The number of ether oxygens (including phenoxy) is 1. The molecule has 0 saturated carbocycles. The molecule has 1 saturated heterocycles. The first-order valence-electron chi connectivity index (χ1n) is 15.7. The Morgan fingerprint density at radius 1 is 1.04 bits per heavy atom. The van der Waals surface area contributed by atoms with E-state index in [4.69, 9.17) is 4.74 Å². The van der Waals surface area contributed by atoms with Crippen molar-refractivity contribution in [1.29, 1.82) is 0 Å². The van der Waals surface area contributed by atoms with Crippen LogP contribution in [-0.4, -0.2) is 58.8 Å². The van der Waals surface area contributed by atoms with Gasteiger partial charge in [0.1, 0.15) is 5.75 Å². The number of aromatic amines is 1. The van der Waals surface area contributed by atoms with Crippen molar-refractivity contribution in [2.24, 2.45) is 0 Å². The van der Waals surface area contributed by atoms with E-state index < -0.39 is 11.9 Å². The maximum absolute atomic E-state index is 14.7. The van der Waals surface area contributed by atoms with Crippen molar-refractivity contribution < 1.29 is 24.1 Å². The fourth-order valence-corrected chi connectivity index (χ4v) is 6.05. The van der Waals surface area contributed by atoms with Crippen LogP contribution in [0.2, 0.25) is 0 Å². The Labute approximate surface area is 262 Å². The van der Waals surface area contributed by atoms with Crippen LogP contribution in [0.5, 0.6) is 11.5 Å². The molecule has 0 spiro atoms. The Bertz CT molecular complexity index is 1650. The van der Waals surface area contributed by atoms with Gasteiger partial charge in [0.2, 0.25) is 11.5 Å². The molecule has 0 aliphatic carbocycles. The molecule has 5 rings (SSSR count). The number of hydrogen-bond donors (Lipinski definition) is 4. The van der Waals surface area contributed by atoms with Crippen molar-refractivity contribution >= 4 is 16.8 Å². The molecule has 238 valence electrons. The fraction of sp³-hybridized carbons (Fsp3) is 0.389. The summed E-state index contributed by atoms with van der Waals surface area (Å²) >= 11 is 0. The lowest BCUT2D eigenvalue weighted by molar-refractivity contribution is -0.132. The normalized spacial score (nSPS) is 15.2. The molecule has 2 heterocycles. The van der Waals surface area contributed by atoms with Gasteiger partial charge in [-0.15, -0.1) is 0 Å². The molecule has 1 fully saturated rings. The van der Waals surface area contributed by atoms with Gasteiger partial charge >= 0.3 is 0 Å². The summed E-state index contributed by atoms with van der Waals surface area (Å²) in [6.07, 6.45) is 3.63. The first-order chi connectivity index (χ1) is 21.7. The number of rotatable bonds is 13. The van der Waals surface area contributed by atoms with Gasteiger partial charge < -0.3 is 30.2 Å². The Balaban J connectivity index is 0.982. The van der Waals surface area contributed by atoms with E-state index in [1.807, 2.05) is 11.0 Å². The molecule has 1 aromatic heterocycles. The quantitative estimate of drug-likeness (QED) is 0.151. The van der Waals surface area contributed by atoms with E-state index in [2.05, 4.69) is 41.5 Å². The molecule has 1 atom stereocenters. The third kappa shape index (κ3) is 8.09. The number of likely N-dealkylation sites (tertiary alicyclic amines) is 1. The van der Waals surface area contributed by atoms with Crippen LogP contribution in [0.15, 0.2) is 77.6 Å². The summed E-state index contributed by atoms with van der Waals surface area (Å²) in [5.74, 6) is -0.296. The molecule has 0 bridgehead atoms. The number of amides is 1. The topological polar surface area (TPSA) is 115 Å². The highest BCUT2D eigenvalue weighted by Crippen LogP contribution is 2.35. The molecule has 4 N–H and O–H groups in total. The zero-order chi connectivity index (χ0) is 31.8. The van der Waals surface area contributed by atoms with Crippen LogP contribution < -0.4 is 15.6 Å². The van der Waals surface area contributed by atoms with Crippen molar-refractivity contribution in [3.05, 3.63) is 106 Å². The lowest BCUT2D eigenvalue weighted by Crippen LogP contribution is -2.44. The highest BCUT2D eigenvalue weighted by Gasteiger charge is 2.33. The molecule has 4 aromatic rings. The standard InChI is InChI=1S/C36H42FN3O5/c1-36(26-8-4-2-5-9-26)16-19-40(20-17-36)34(44)23-25-10-14-32(29(37)22-25)45-21-7-3-6-18-38-24-31(42)27-11-13-30(41)35-28(27)12-15-33(43)39-35/h2,4-5,8-15,22,31,38,41-42H,3,6-7,16-21,23-24H2,1H3,(H,39,43). The summed E-state index contributed by atoms with van der Waals surface area (Å²) in [6, 6.07) is 21.3. The second-order valence-electron chi connectivity index (χ2n) is 12.2. The predicted molar refractivity (Wildman–Crippen MR) is 173 cm³/mol. The molecule has 9 heteroatoms. The van der Waals surface area contributed by atoms with Crippen molar-refractivity contribution in [1.82, 2.24) is 15.2 Å². The number of unbranched alkanes of at least 4 members (excludes halogenated alkanes) is 2. The van der Waals surface area contributed by atoms with Gasteiger partial charge in [0, 0.05) is 31.1 Å². The van der Waals surface area contributed by atoms with Crippen molar-refractivity contribution in [2.45, 2.75) is 57.0 Å². The van der Waals surface area contributed by atoms with Gasteiger partial charge in [0.15, 0.2) is 11.6 Å². The van der Waals surface area contributed by atoms with Crippen LogP contribution >= 0.6 is 0 Å². The van der Waals surface area contributed by atoms with Gasteiger partial charge in [-0.25, -0.2) is 4.39 Å². The average molecular weight is 616 g/mol. The Hall–Kier alpha value is -4.21. The molecule has 1 amide bonds. The van der Waals surface area contributed by atoms with Gasteiger partial charge in [-0.1, -0.05) is 49.4 Å². The maximum Gasteiger partial charge on any atom is 0.248 e. The van der Waals surface area contributed by atoms with Gasteiger partial charge in [-0.05, 0) is 85.0 Å². The number of carbonyl (C=O) groups excluding carboxylic acids is 1. The van der Waals surface area contributed by atoms with Crippen LogP contribution in [0.25, 0.3) is 10.9 Å². The zero-order valence-corrected chi connectivity index (χ0v) is 25.7. The molecule has 1 aliphatic heterocycles. The smallest absolute Gasteiger partial charge is 0.248 e. The van der Waals surface area contributed by atoms with Gasteiger partial charge in [0.05, 0.1) is 24.6 Å². The molecule has 8 nitrogen and oxygen atoms in total. The van der Waals surface area contributed by atoms with Crippen molar-refractivity contribution in [2.75, 3.05) is 32.8 Å². The summed E-state index contributed by atoms with van der Waals surface area (Å²) in [5.41, 5.74) is 2.62. The minimum absolute atomic E-state index is 0.0204. The molecule has 45 heavy (non-hydrogen) atoms. The van der Waals surface area contributed by atoms with E-state index in [1.165, 1.54) is 23.8 Å². The van der Waals surface area contributed by atoms with E-state index in [0.717, 1.165) is 32.1 Å². The third-order valence-corrected chi connectivity index (χ3v) is 8.90. The number of carbonyl (C=O) groups is 1. The maximum atomic E-state index is 14.7. The van der Waals surface area contributed by atoms with Crippen molar-refractivity contribution in [3.8, 4) is 11.5 Å². The number of aliphatic hydroxyl groups is 1. The summed E-state index contributed by atoms with van der Waals surface area (Å²) in [4.78, 5) is 29.0. The highest BCUT2D eigenvalue weighted by molar-refractivity contribution is 5.87. The van der Waals surface area contributed by atoms with Crippen LogP contribution in [-0.2, 0) is 16.6 Å². The number of H-pyrrole nitrogens is 1. The molecule has 0 radical (unpaired) electrons. The fourth-order valence-electron chi connectivity index (χ4n) is 6.05. The number of nitrogens with one attached hydrogen (secondary N) is 2. The molecule has 1 unspecified atom stereocenters. The number of fused-ring (bicyclic) bond motifs is 1. The lowest BCUT2D eigenvalue weighted by atomic mass is 9.74. The molecular weight excluding hydrogens is 573 g/mol. The van der Waals surface area contributed by atoms with E-state index in [9.17, 15) is 24.2 Å². The van der Waals surface area contributed by atoms with Gasteiger partial charge in [-0.2, -0.15) is 0 Å². The third-order valence-electron chi connectivity index (χ3n) is 8.90. The summed E-state index contributed by atoms with van der Waals surface area (Å²) in [6.45, 7) is 5.04. The summed E-state index contributed by atoms with van der Waals surface area (Å²) < 4.78 is 20.4. The number of benzene rings is 3. The number of phenolic OH excluding ortho intramolecular Hbond substituents is 1. The van der Waals surface area contributed by atoms with Gasteiger partial charge in [0.25, 0.3) is 0 Å². The summed E-state index contributed by atoms with van der Waals surface area (Å²) in [5, 5.41) is 24.5. The lowest BCUT2D eigenvalue weighted by Gasteiger charge is -2.40. The Morgan fingerprint density at radius 3 is 2.58 bits per heavy atom. The zero-order valence-electron chi connectivity index (χ0n) is 25.7. The number of aromatic nitrogens is 1. The SMILES string of the molecule is CC1(c2ccccc2)CCN(C(=O)Cc2ccc(OCCCCCNCC(O)c3ccc(O)c4[nH]c(=O)ccc34)c(F)c2)CC1. The van der Waals surface area contributed by atoms with E-state index in [-0.39, 0.29) is 34.8 Å². The number of aromatic hydroxyl groups is 1. The number of phenols is 1. The Morgan fingerprint density at radius 2 is 1.82 bits per heavy atom. The van der Waals surface area contributed by atoms with Crippen LogP contribution in [0.3, 0.4) is 0 Å². The van der Waals surface area contributed by atoms with Crippen LogP contribution in [0.1, 0.15) is 61.8 Å². The second kappa shape index (κ2) is 14.7. The molecule has 1 aliphatic rings. The largest absolute Gasteiger partial charge is 0.506 e. The number of piperidine rings is 1. The van der Waals surface area contributed by atoms with Gasteiger partial charge in [-0.3, -0.25) is 9.59 Å². The van der Waals surface area contributed by atoms with Crippen LogP contribution in [0.4, 0.5) is 4.39 Å². The van der Waals surface area contributed by atoms with Crippen molar-refractivity contribution in [3.63, 3.8) is 0 Å². The number of nitrogens with zero attached hydrogens (tertiary/aromatic N) is 1. The number of halogens is 1. The second-order valence-corrected chi connectivity index (χ2v) is 12.2. The monoisotopic (exact) mass is 615 g/mol. The van der Waals surface area contributed by atoms with E-state index >= 15 is 0 Å². The van der Waals surface area contributed by atoms with E-state index in [0.29, 0.717) is 54.8 Å². The minimum atomic E-state index is -0.807. The highest BCUT2D eigenvalue weighted by atomic mass is 19.1. The number of pyridine rings is 1. The minimum Gasteiger partial charge on any atom is -0.506 e. The predicted octanol–water partition coefficient (Wildman–Crippen LogP) is 5.37. The number of hydrogen-bond acceptors (Lipinski definition) is 6. The first-order valence-corrected chi connectivity index (χ1v) is 15.7.